The molecular formula is C13H22BrNS. The molecule has 0 saturated carbocycles. The van der Waals surface area contributed by atoms with Crippen molar-refractivity contribution in [3.05, 3.63) is 20.8 Å². The third-order valence-corrected chi connectivity index (χ3v) is 4.64. The Bertz CT molecular complexity index is 299. The molecule has 0 aliphatic carbocycles. The molecule has 0 amide bonds. The molecule has 0 radical (unpaired) electrons. The first kappa shape index (κ1) is 14.2. The maximum absolute atomic E-state index is 3.57. The largest absolute Gasteiger partial charge is 0.312 e. The lowest BCUT2D eigenvalue weighted by Crippen LogP contribution is -2.29. The van der Waals surface area contributed by atoms with Crippen LogP contribution in [0.2, 0.25) is 0 Å². The first-order valence-corrected chi connectivity index (χ1v) is 7.56. The fourth-order valence-corrected chi connectivity index (χ4v) is 3.50. The summed E-state index contributed by atoms with van der Waals surface area (Å²) in [7, 11) is 0. The fraction of sp³-hybridized carbons (Fsp3) is 0.692. The predicted molar refractivity (Wildman–Crippen MR) is 76.9 cm³/mol. The highest BCUT2D eigenvalue weighted by Crippen LogP contribution is 2.23. The molecule has 0 fully saturated rings. The van der Waals surface area contributed by atoms with Crippen LogP contribution in [0.15, 0.2) is 15.9 Å². The maximum atomic E-state index is 3.57. The van der Waals surface area contributed by atoms with Crippen molar-refractivity contribution < 1.29 is 0 Å². The second kappa shape index (κ2) is 6.77. The van der Waals surface area contributed by atoms with E-state index < -0.39 is 0 Å². The maximum Gasteiger partial charge on any atom is 0.0701 e. The van der Waals surface area contributed by atoms with Crippen LogP contribution in [-0.2, 0) is 6.54 Å². The molecule has 1 aromatic rings. The topological polar surface area (TPSA) is 12.0 Å². The van der Waals surface area contributed by atoms with E-state index in [1.807, 2.05) is 11.3 Å². The monoisotopic (exact) mass is 303 g/mol. The second-order valence-corrected chi connectivity index (χ2v) is 7.54. The summed E-state index contributed by atoms with van der Waals surface area (Å²) in [5, 5.41) is 3.57. The molecule has 0 aliphatic heterocycles. The molecule has 1 heterocycles. The quantitative estimate of drug-likeness (QED) is 0.814. The summed E-state index contributed by atoms with van der Waals surface area (Å²) in [5.74, 6) is 2.27. The van der Waals surface area contributed by atoms with E-state index in [0.717, 1.165) is 30.8 Å². The first-order chi connectivity index (χ1) is 7.50. The molecule has 1 nitrogen and oxygen atoms in total. The van der Waals surface area contributed by atoms with Gasteiger partial charge in [-0.15, -0.1) is 11.3 Å². The Labute approximate surface area is 112 Å². The van der Waals surface area contributed by atoms with E-state index in [2.05, 4.69) is 61.1 Å². The molecule has 1 rings (SSSR count). The van der Waals surface area contributed by atoms with Gasteiger partial charge in [-0.2, -0.15) is 0 Å². The van der Waals surface area contributed by atoms with Crippen molar-refractivity contribution in [2.45, 2.75) is 34.2 Å². The molecule has 0 aromatic carbocycles. The third kappa shape index (κ3) is 4.56. The zero-order valence-electron chi connectivity index (χ0n) is 10.6. The zero-order valence-corrected chi connectivity index (χ0v) is 13.0. The van der Waals surface area contributed by atoms with Crippen molar-refractivity contribution in [3.63, 3.8) is 0 Å². The third-order valence-electron chi connectivity index (χ3n) is 3.02. The Morgan fingerprint density at radius 2 is 1.81 bits per heavy atom. The number of nitrogens with one attached hydrogen (secondary N) is 1. The van der Waals surface area contributed by atoms with Crippen molar-refractivity contribution in [1.29, 1.82) is 0 Å². The molecule has 0 spiro atoms. The summed E-state index contributed by atoms with van der Waals surface area (Å²) in [6.45, 7) is 11.4. The van der Waals surface area contributed by atoms with Gasteiger partial charge in [0.2, 0.25) is 0 Å². The highest BCUT2D eigenvalue weighted by molar-refractivity contribution is 9.11. The van der Waals surface area contributed by atoms with E-state index in [9.17, 15) is 0 Å². The van der Waals surface area contributed by atoms with E-state index in [0.29, 0.717) is 0 Å². The van der Waals surface area contributed by atoms with Gasteiger partial charge in [-0.1, -0.05) is 27.7 Å². The Kier molecular flexibility index (Phi) is 6.01. The van der Waals surface area contributed by atoms with Crippen LogP contribution < -0.4 is 5.32 Å². The average molecular weight is 304 g/mol. The SMILES string of the molecule is CC(C)C(CNCc1ccc(Br)s1)C(C)C. The van der Waals surface area contributed by atoms with Gasteiger partial charge in [0.1, 0.15) is 0 Å². The van der Waals surface area contributed by atoms with E-state index in [4.69, 9.17) is 0 Å². The summed E-state index contributed by atoms with van der Waals surface area (Å²) in [6, 6.07) is 4.30. The van der Waals surface area contributed by atoms with Gasteiger partial charge in [0.15, 0.2) is 0 Å². The molecule has 3 heteroatoms. The first-order valence-electron chi connectivity index (χ1n) is 5.95. The Hall–Kier alpha value is 0.140. The minimum absolute atomic E-state index is 0.752. The Morgan fingerprint density at radius 3 is 2.25 bits per heavy atom. The Balaban J connectivity index is 2.33. The molecule has 0 atom stereocenters. The molecule has 1 aromatic heterocycles. The van der Waals surface area contributed by atoms with Crippen LogP contribution in [0.3, 0.4) is 0 Å². The Morgan fingerprint density at radius 1 is 1.19 bits per heavy atom. The van der Waals surface area contributed by atoms with Crippen molar-refractivity contribution in [2.75, 3.05) is 6.54 Å². The molecular weight excluding hydrogens is 282 g/mol. The van der Waals surface area contributed by atoms with E-state index >= 15 is 0 Å². The summed E-state index contributed by atoms with van der Waals surface area (Å²) in [5.41, 5.74) is 0. The van der Waals surface area contributed by atoms with Gasteiger partial charge in [0, 0.05) is 11.4 Å². The predicted octanol–water partition coefficient (Wildman–Crippen LogP) is 4.53. The summed E-state index contributed by atoms with van der Waals surface area (Å²) >= 11 is 5.30. The van der Waals surface area contributed by atoms with Gasteiger partial charge in [0.05, 0.1) is 3.79 Å². The van der Waals surface area contributed by atoms with Gasteiger partial charge in [-0.05, 0) is 52.4 Å². The van der Waals surface area contributed by atoms with Crippen LogP contribution in [0.1, 0.15) is 32.6 Å². The summed E-state index contributed by atoms with van der Waals surface area (Å²) < 4.78 is 1.22. The van der Waals surface area contributed by atoms with Crippen LogP contribution in [0.25, 0.3) is 0 Å². The van der Waals surface area contributed by atoms with Crippen molar-refractivity contribution >= 4 is 27.3 Å². The molecule has 92 valence electrons. The zero-order chi connectivity index (χ0) is 12.1. The summed E-state index contributed by atoms with van der Waals surface area (Å²) in [4.78, 5) is 1.40. The minimum Gasteiger partial charge on any atom is -0.312 e. The van der Waals surface area contributed by atoms with Gasteiger partial charge in [-0.25, -0.2) is 0 Å². The van der Waals surface area contributed by atoms with Gasteiger partial charge >= 0.3 is 0 Å². The number of rotatable bonds is 6. The lowest BCUT2D eigenvalue weighted by atomic mass is 9.85. The van der Waals surface area contributed by atoms with Crippen molar-refractivity contribution in [1.82, 2.24) is 5.32 Å². The molecule has 16 heavy (non-hydrogen) atoms. The van der Waals surface area contributed by atoms with E-state index in [1.54, 1.807) is 0 Å². The number of thiophene rings is 1. The lowest BCUT2D eigenvalue weighted by Gasteiger charge is -2.25. The fourth-order valence-electron chi connectivity index (χ4n) is 2.05. The standard InChI is InChI=1S/C13H22BrNS/c1-9(2)12(10(3)4)8-15-7-11-5-6-13(14)16-11/h5-6,9-10,12,15H,7-8H2,1-4H3. The van der Waals surface area contributed by atoms with Crippen LogP contribution in [0.4, 0.5) is 0 Å². The number of hydrogen-bond donors (Lipinski definition) is 1. The van der Waals surface area contributed by atoms with E-state index in [-0.39, 0.29) is 0 Å². The van der Waals surface area contributed by atoms with Gasteiger partial charge in [-0.3, -0.25) is 0 Å². The average Bonchev–Trinajstić information content (AvgIpc) is 2.57. The molecule has 0 unspecified atom stereocenters. The normalized spacial score (nSPS) is 12.0. The highest BCUT2D eigenvalue weighted by Gasteiger charge is 2.16. The molecule has 0 saturated heterocycles. The van der Waals surface area contributed by atoms with Crippen molar-refractivity contribution in [3.8, 4) is 0 Å². The van der Waals surface area contributed by atoms with Crippen LogP contribution in [-0.4, -0.2) is 6.54 Å². The van der Waals surface area contributed by atoms with Crippen LogP contribution >= 0.6 is 27.3 Å². The second-order valence-electron chi connectivity index (χ2n) is 4.99. The molecule has 0 bridgehead atoms. The summed E-state index contributed by atoms with van der Waals surface area (Å²) in [6.07, 6.45) is 0. The number of hydrogen-bond acceptors (Lipinski definition) is 2. The molecule has 0 aliphatic rings. The van der Waals surface area contributed by atoms with Crippen LogP contribution in [0, 0.1) is 17.8 Å². The van der Waals surface area contributed by atoms with Gasteiger partial charge in [0.25, 0.3) is 0 Å². The van der Waals surface area contributed by atoms with Crippen LogP contribution in [0.5, 0.6) is 0 Å². The smallest absolute Gasteiger partial charge is 0.0701 e. The minimum atomic E-state index is 0.752. The number of halogens is 1. The molecule has 1 N–H and O–H groups in total. The highest BCUT2D eigenvalue weighted by atomic mass is 79.9. The van der Waals surface area contributed by atoms with E-state index in [1.165, 1.54) is 8.66 Å². The van der Waals surface area contributed by atoms with Gasteiger partial charge < -0.3 is 5.32 Å². The van der Waals surface area contributed by atoms with Crippen molar-refractivity contribution in [2.24, 2.45) is 17.8 Å². The lowest BCUT2D eigenvalue weighted by molar-refractivity contribution is 0.276.